The third-order valence-corrected chi connectivity index (χ3v) is 2.90. The summed E-state index contributed by atoms with van der Waals surface area (Å²) in [5, 5.41) is 0. The van der Waals surface area contributed by atoms with E-state index in [1.165, 1.54) is 4.90 Å². The molecule has 0 saturated heterocycles. The van der Waals surface area contributed by atoms with E-state index in [0.29, 0.717) is 19.3 Å². The van der Waals surface area contributed by atoms with Crippen LogP contribution in [0.2, 0.25) is 0 Å². The number of hydrogen-bond donors (Lipinski definition) is 0. The molecule has 0 aliphatic carbocycles. The molecule has 1 amide bonds. The van der Waals surface area contributed by atoms with Crippen molar-refractivity contribution in [3.63, 3.8) is 0 Å². The van der Waals surface area contributed by atoms with Crippen LogP contribution in [0.25, 0.3) is 0 Å². The molecule has 7 heteroatoms. The average molecular weight is 309 g/mol. The van der Waals surface area contributed by atoms with Crippen LogP contribution in [0, 0.1) is 0 Å². The maximum Gasteiger partial charge on any atom is 0.417 e. The lowest BCUT2D eigenvalue weighted by atomic mass is 10.2. The Labute approximate surface area is 120 Å². The minimum Gasteiger partial charge on any atom is -0.336 e. The van der Waals surface area contributed by atoms with Gasteiger partial charge in [-0.15, -0.1) is 11.6 Å². The fraction of sp³-hybridized carbons (Fsp3) is 0.538. The van der Waals surface area contributed by atoms with Crippen molar-refractivity contribution in [1.82, 2.24) is 9.88 Å². The molecule has 0 saturated carbocycles. The van der Waals surface area contributed by atoms with E-state index in [9.17, 15) is 18.0 Å². The molecule has 1 heterocycles. The first kappa shape index (κ1) is 16.8. The van der Waals surface area contributed by atoms with Crippen molar-refractivity contribution in [2.24, 2.45) is 0 Å². The summed E-state index contributed by atoms with van der Waals surface area (Å²) < 4.78 is 37.2. The number of hydrogen-bond acceptors (Lipinski definition) is 2. The van der Waals surface area contributed by atoms with Crippen LogP contribution < -0.4 is 0 Å². The molecular weight excluding hydrogens is 293 g/mol. The molecule has 1 aromatic heterocycles. The van der Waals surface area contributed by atoms with Gasteiger partial charge >= 0.3 is 6.18 Å². The normalized spacial score (nSPS) is 11.4. The minimum atomic E-state index is -4.45. The number of carbonyl (C=O) groups excluding carboxylic acids is 1. The number of pyridine rings is 1. The minimum absolute atomic E-state index is 0.000722. The zero-order chi connectivity index (χ0) is 15.2. The Balaban J connectivity index is 2.83. The van der Waals surface area contributed by atoms with E-state index in [-0.39, 0.29) is 11.6 Å². The van der Waals surface area contributed by atoms with Gasteiger partial charge in [0.15, 0.2) is 0 Å². The van der Waals surface area contributed by atoms with Crippen LogP contribution in [0.3, 0.4) is 0 Å². The number of unbranched alkanes of at least 4 members (excludes halogenated alkanes) is 1. The number of halogens is 4. The Bertz CT molecular complexity index is 434. The highest BCUT2D eigenvalue weighted by molar-refractivity contribution is 6.18. The Hall–Kier alpha value is -1.30. The molecule has 0 atom stereocenters. The van der Waals surface area contributed by atoms with Gasteiger partial charge in [0, 0.05) is 25.2 Å². The van der Waals surface area contributed by atoms with Gasteiger partial charge in [-0.25, -0.2) is 0 Å². The van der Waals surface area contributed by atoms with Crippen molar-refractivity contribution in [3.8, 4) is 0 Å². The summed E-state index contributed by atoms with van der Waals surface area (Å²) in [6.07, 6.45) is -2.06. The van der Waals surface area contributed by atoms with Gasteiger partial charge in [-0.05, 0) is 18.6 Å². The lowest BCUT2D eigenvalue weighted by molar-refractivity contribution is -0.137. The van der Waals surface area contributed by atoms with E-state index < -0.39 is 17.6 Å². The standard InChI is InChI=1S/C13H16ClF3N2O/c1-2-3-7-19(8-6-14)12(20)11-5-4-10(9-18-11)13(15,16)17/h4-5,9H,2-3,6-8H2,1H3. The van der Waals surface area contributed by atoms with E-state index >= 15 is 0 Å². The lowest BCUT2D eigenvalue weighted by Crippen LogP contribution is -2.34. The van der Waals surface area contributed by atoms with Crippen molar-refractivity contribution in [2.75, 3.05) is 19.0 Å². The Morgan fingerprint density at radius 3 is 2.50 bits per heavy atom. The highest BCUT2D eigenvalue weighted by Crippen LogP contribution is 2.28. The molecule has 0 N–H and O–H groups in total. The largest absolute Gasteiger partial charge is 0.417 e. The van der Waals surface area contributed by atoms with Gasteiger partial charge in [-0.3, -0.25) is 9.78 Å². The fourth-order valence-electron chi connectivity index (χ4n) is 1.62. The number of amides is 1. The molecule has 0 aliphatic heterocycles. The highest BCUT2D eigenvalue weighted by Gasteiger charge is 2.31. The maximum atomic E-state index is 12.4. The molecule has 0 spiro atoms. The number of carbonyl (C=O) groups is 1. The van der Waals surface area contributed by atoms with E-state index in [1.54, 1.807) is 0 Å². The predicted molar refractivity (Wildman–Crippen MR) is 70.8 cm³/mol. The van der Waals surface area contributed by atoms with Gasteiger partial charge in [0.05, 0.1) is 5.56 Å². The second kappa shape index (κ2) is 7.47. The van der Waals surface area contributed by atoms with E-state index in [4.69, 9.17) is 11.6 Å². The van der Waals surface area contributed by atoms with Crippen molar-refractivity contribution < 1.29 is 18.0 Å². The molecule has 0 aromatic carbocycles. The molecular formula is C13H16ClF3N2O. The number of rotatable bonds is 6. The summed E-state index contributed by atoms with van der Waals surface area (Å²) in [5.41, 5.74) is -0.870. The lowest BCUT2D eigenvalue weighted by Gasteiger charge is -2.21. The summed E-state index contributed by atoms with van der Waals surface area (Å²) in [7, 11) is 0. The molecule has 0 unspecified atom stereocenters. The van der Waals surface area contributed by atoms with Crippen LogP contribution in [-0.2, 0) is 6.18 Å². The van der Waals surface area contributed by atoms with Gasteiger partial charge in [-0.1, -0.05) is 13.3 Å². The third kappa shape index (κ3) is 4.67. The summed E-state index contributed by atoms with van der Waals surface area (Å²) in [6, 6.07) is 1.96. The molecule has 3 nitrogen and oxygen atoms in total. The quantitative estimate of drug-likeness (QED) is 0.753. The molecule has 20 heavy (non-hydrogen) atoms. The van der Waals surface area contributed by atoms with Crippen LogP contribution in [-0.4, -0.2) is 34.8 Å². The SMILES string of the molecule is CCCCN(CCCl)C(=O)c1ccc(C(F)(F)F)cn1. The topological polar surface area (TPSA) is 33.2 Å². The third-order valence-electron chi connectivity index (χ3n) is 2.73. The first-order chi connectivity index (χ1) is 9.40. The van der Waals surface area contributed by atoms with Gasteiger partial charge in [0.2, 0.25) is 0 Å². The molecule has 1 aromatic rings. The van der Waals surface area contributed by atoms with E-state index in [2.05, 4.69) is 4.98 Å². The summed E-state index contributed by atoms with van der Waals surface area (Å²) in [4.78, 5) is 17.2. The van der Waals surface area contributed by atoms with Crippen molar-refractivity contribution in [1.29, 1.82) is 0 Å². The number of nitrogens with zero attached hydrogens (tertiary/aromatic N) is 2. The molecule has 0 fully saturated rings. The Morgan fingerprint density at radius 2 is 2.05 bits per heavy atom. The Kier molecular flexibility index (Phi) is 6.26. The summed E-state index contributed by atoms with van der Waals surface area (Å²) >= 11 is 5.63. The maximum absolute atomic E-state index is 12.4. The molecule has 0 aliphatic rings. The zero-order valence-corrected chi connectivity index (χ0v) is 11.8. The summed E-state index contributed by atoms with van der Waals surface area (Å²) in [5.74, 6) is -0.122. The highest BCUT2D eigenvalue weighted by atomic mass is 35.5. The van der Waals surface area contributed by atoms with Crippen molar-refractivity contribution >= 4 is 17.5 Å². The van der Waals surface area contributed by atoms with Gasteiger partial charge < -0.3 is 4.90 Å². The molecule has 112 valence electrons. The second-order valence-corrected chi connectivity index (χ2v) is 4.64. The van der Waals surface area contributed by atoms with E-state index in [0.717, 1.165) is 25.0 Å². The molecule has 0 bridgehead atoms. The second-order valence-electron chi connectivity index (χ2n) is 4.26. The number of alkyl halides is 4. The fourth-order valence-corrected chi connectivity index (χ4v) is 1.82. The molecule has 1 rings (SSSR count). The monoisotopic (exact) mass is 308 g/mol. The van der Waals surface area contributed by atoms with Crippen LogP contribution in [0.15, 0.2) is 18.3 Å². The van der Waals surface area contributed by atoms with Crippen LogP contribution in [0.1, 0.15) is 35.8 Å². The summed E-state index contributed by atoms with van der Waals surface area (Å²) in [6.45, 7) is 2.85. The van der Waals surface area contributed by atoms with Crippen LogP contribution >= 0.6 is 11.6 Å². The average Bonchev–Trinajstić information content (AvgIpc) is 2.42. The number of aromatic nitrogens is 1. The van der Waals surface area contributed by atoms with Crippen molar-refractivity contribution in [3.05, 3.63) is 29.6 Å². The Morgan fingerprint density at radius 1 is 1.35 bits per heavy atom. The first-order valence-corrected chi connectivity index (χ1v) is 6.82. The van der Waals surface area contributed by atoms with Gasteiger partial charge in [-0.2, -0.15) is 13.2 Å². The zero-order valence-electron chi connectivity index (χ0n) is 11.1. The van der Waals surface area contributed by atoms with Gasteiger partial charge in [0.1, 0.15) is 5.69 Å². The van der Waals surface area contributed by atoms with Crippen LogP contribution in [0.5, 0.6) is 0 Å². The first-order valence-electron chi connectivity index (χ1n) is 6.28. The smallest absolute Gasteiger partial charge is 0.336 e. The predicted octanol–water partition coefficient (Wildman–Crippen LogP) is 3.58. The van der Waals surface area contributed by atoms with Crippen LogP contribution in [0.4, 0.5) is 13.2 Å². The van der Waals surface area contributed by atoms with Crippen molar-refractivity contribution in [2.45, 2.75) is 25.9 Å². The van der Waals surface area contributed by atoms with Gasteiger partial charge in [0.25, 0.3) is 5.91 Å². The molecule has 0 radical (unpaired) electrons. The van der Waals surface area contributed by atoms with E-state index in [1.807, 2.05) is 6.92 Å².